The number of amides is 1. The number of nitrogens with two attached hydrogens (primary N) is 1. The van der Waals surface area contributed by atoms with Gasteiger partial charge in [0.25, 0.3) is 5.56 Å². The molecule has 0 aliphatic heterocycles. The Bertz CT molecular complexity index is 755. The molecule has 0 bridgehead atoms. The number of carbonyl (C=O) groups excluding carboxylic acids is 1. The Morgan fingerprint density at radius 3 is 2.73 bits per heavy atom. The number of rotatable bonds is 9. The Morgan fingerprint density at radius 2 is 2.04 bits per heavy atom. The second-order valence-corrected chi connectivity index (χ2v) is 6.17. The first-order valence-electron chi connectivity index (χ1n) is 8.00. The summed E-state index contributed by atoms with van der Waals surface area (Å²) in [7, 11) is 0. The summed E-state index contributed by atoms with van der Waals surface area (Å²) in [5, 5.41) is 2.75. The number of nitrogens with one attached hydrogen (secondary N) is 1. The first kappa shape index (κ1) is 22.1. The maximum absolute atomic E-state index is 12.3. The molecular formula is C17H22BrClN4O3. The minimum absolute atomic E-state index is 0. The van der Waals surface area contributed by atoms with Crippen molar-refractivity contribution in [2.75, 3.05) is 13.1 Å². The Hall–Kier alpha value is -1.90. The number of aromatic nitrogens is 2. The van der Waals surface area contributed by atoms with Crippen LogP contribution < -0.4 is 21.3 Å². The average Bonchev–Trinajstić information content (AvgIpc) is 2.63. The summed E-state index contributed by atoms with van der Waals surface area (Å²) in [6.07, 6.45) is 2.32. The number of hydrogen-bond donors (Lipinski definition) is 2. The third kappa shape index (κ3) is 6.78. The number of ether oxygens (including phenoxy) is 1. The highest BCUT2D eigenvalue weighted by molar-refractivity contribution is 9.10. The zero-order valence-corrected chi connectivity index (χ0v) is 16.6. The second kappa shape index (κ2) is 11.7. The lowest BCUT2D eigenvalue weighted by molar-refractivity contribution is -0.121. The van der Waals surface area contributed by atoms with Gasteiger partial charge in [0.2, 0.25) is 11.8 Å². The molecule has 0 spiro atoms. The van der Waals surface area contributed by atoms with Crippen LogP contribution in [0.3, 0.4) is 0 Å². The summed E-state index contributed by atoms with van der Waals surface area (Å²) < 4.78 is 7.21. The molecule has 3 N–H and O–H groups in total. The van der Waals surface area contributed by atoms with Crippen molar-refractivity contribution < 1.29 is 9.53 Å². The summed E-state index contributed by atoms with van der Waals surface area (Å²) in [5.74, 6) is 0.110. The van der Waals surface area contributed by atoms with E-state index in [1.807, 2.05) is 30.3 Å². The molecule has 2 aromatic rings. The predicted molar refractivity (Wildman–Crippen MR) is 106 cm³/mol. The fourth-order valence-electron chi connectivity index (χ4n) is 2.07. The molecular weight excluding hydrogens is 424 g/mol. The fraction of sp³-hybridized carbons (Fsp3) is 0.353. The van der Waals surface area contributed by atoms with Crippen LogP contribution in [-0.4, -0.2) is 28.5 Å². The third-order valence-electron chi connectivity index (χ3n) is 3.45. The zero-order valence-electron chi connectivity index (χ0n) is 14.2. The number of aryl methyl sites for hydroxylation is 1. The van der Waals surface area contributed by atoms with Crippen LogP contribution in [-0.2, 0) is 17.9 Å². The summed E-state index contributed by atoms with van der Waals surface area (Å²) >= 11 is 3.23. The van der Waals surface area contributed by atoms with Crippen LogP contribution in [0, 0.1) is 0 Å². The van der Waals surface area contributed by atoms with E-state index in [-0.39, 0.29) is 47.2 Å². The van der Waals surface area contributed by atoms with Crippen molar-refractivity contribution in [2.24, 2.45) is 5.73 Å². The third-order valence-corrected chi connectivity index (χ3v) is 4.13. The van der Waals surface area contributed by atoms with E-state index in [1.54, 1.807) is 0 Å². The van der Waals surface area contributed by atoms with E-state index >= 15 is 0 Å². The van der Waals surface area contributed by atoms with E-state index in [1.165, 1.54) is 10.9 Å². The van der Waals surface area contributed by atoms with Crippen LogP contribution in [0.25, 0.3) is 0 Å². The Kier molecular flexibility index (Phi) is 9.93. The lowest BCUT2D eigenvalue weighted by atomic mass is 10.2. The molecule has 0 aliphatic rings. The molecule has 1 heterocycles. The molecule has 0 saturated heterocycles. The lowest BCUT2D eigenvalue weighted by Gasteiger charge is -2.10. The van der Waals surface area contributed by atoms with E-state index in [2.05, 4.69) is 26.2 Å². The zero-order chi connectivity index (χ0) is 18.1. The molecule has 2 rings (SSSR count). The van der Waals surface area contributed by atoms with Gasteiger partial charge in [0, 0.05) is 19.5 Å². The molecule has 0 unspecified atom stereocenters. The Labute approximate surface area is 166 Å². The normalized spacial score (nSPS) is 10.1. The monoisotopic (exact) mass is 444 g/mol. The van der Waals surface area contributed by atoms with E-state index < -0.39 is 0 Å². The van der Waals surface area contributed by atoms with Gasteiger partial charge in [-0.05, 0) is 34.5 Å². The highest BCUT2D eigenvalue weighted by Gasteiger charge is 2.11. The van der Waals surface area contributed by atoms with Crippen molar-refractivity contribution in [3.05, 3.63) is 57.0 Å². The minimum Gasteiger partial charge on any atom is -0.472 e. The molecule has 0 aliphatic carbocycles. The van der Waals surface area contributed by atoms with Gasteiger partial charge in [0.1, 0.15) is 17.4 Å². The van der Waals surface area contributed by atoms with Crippen LogP contribution in [0.4, 0.5) is 0 Å². The van der Waals surface area contributed by atoms with Gasteiger partial charge in [-0.2, -0.15) is 0 Å². The smallest absolute Gasteiger partial charge is 0.271 e. The van der Waals surface area contributed by atoms with Gasteiger partial charge in [0.05, 0.1) is 0 Å². The summed E-state index contributed by atoms with van der Waals surface area (Å²) in [5.41, 5.74) is 6.07. The quantitative estimate of drug-likeness (QED) is 0.574. The molecule has 0 saturated carbocycles. The van der Waals surface area contributed by atoms with Gasteiger partial charge in [-0.1, -0.05) is 30.3 Å². The molecule has 0 atom stereocenters. The van der Waals surface area contributed by atoms with Gasteiger partial charge in [-0.25, -0.2) is 4.98 Å². The van der Waals surface area contributed by atoms with Crippen LogP contribution >= 0.6 is 28.3 Å². The van der Waals surface area contributed by atoms with Gasteiger partial charge in [-0.15, -0.1) is 12.4 Å². The van der Waals surface area contributed by atoms with E-state index in [0.717, 1.165) is 12.0 Å². The van der Waals surface area contributed by atoms with E-state index in [9.17, 15) is 9.59 Å². The highest BCUT2D eigenvalue weighted by atomic mass is 79.9. The van der Waals surface area contributed by atoms with E-state index in [4.69, 9.17) is 10.5 Å². The number of nitrogens with zero attached hydrogens (tertiary/aromatic N) is 2. The van der Waals surface area contributed by atoms with Crippen molar-refractivity contribution in [2.45, 2.75) is 26.0 Å². The summed E-state index contributed by atoms with van der Waals surface area (Å²) in [6.45, 7) is 1.64. The standard InChI is InChI=1S/C17H21BrN4O3.ClH/c18-15-16(25-11-13-5-2-1-3-6-13)21-12-22(17(15)24)10-7-14(23)20-9-4-8-19;/h1-3,5-6,12H,4,7-11,19H2,(H,20,23);1H. The largest absolute Gasteiger partial charge is 0.472 e. The fourth-order valence-corrected chi connectivity index (χ4v) is 2.52. The molecule has 1 aromatic heterocycles. The summed E-state index contributed by atoms with van der Waals surface area (Å²) in [6, 6.07) is 9.61. The first-order chi connectivity index (χ1) is 12.1. The molecule has 1 aromatic carbocycles. The van der Waals surface area contributed by atoms with Crippen molar-refractivity contribution in [1.29, 1.82) is 0 Å². The highest BCUT2D eigenvalue weighted by Crippen LogP contribution is 2.18. The molecule has 1 amide bonds. The number of carbonyl (C=O) groups is 1. The van der Waals surface area contributed by atoms with Crippen molar-refractivity contribution in [1.82, 2.24) is 14.9 Å². The molecule has 0 fully saturated rings. The first-order valence-corrected chi connectivity index (χ1v) is 8.79. The van der Waals surface area contributed by atoms with Gasteiger partial charge in [-0.3, -0.25) is 14.2 Å². The lowest BCUT2D eigenvalue weighted by Crippen LogP contribution is -2.29. The molecule has 0 radical (unpaired) electrons. The van der Waals surface area contributed by atoms with Crippen molar-refractivity contribution in [3.63, 3.8) is 0 Å². The molecule has 26 heavy (non-hydrogen) atoms. The van der Waals surface area contributed by atoms with Crippen LogP contribution in [0.5, 0.6) is 5.88 Å². The SMILES string of the molecule is Cl.NCCCNC(=O)CCn1cnc(OCc2ccccc2)c(Br)c1=O. The van der Waals surface area contributed by atoms with Gasteiger partial charge < -0.3 is 15.8 Å². The topological polar surface area (TPSA) is 99.2 Å². The number of hydrogen-bond acceptors (Lipinski definition) is 5. The summed E-state index contributed by atoms with van der Waals surface area (Å²) in [4.78, 5) is 28.2. The van der Waals surface area contributed by atoms with Crippen molar-refractivity contribution in [3.8, 4) is 5.88 Å². The molecule has 7 nitrogen and oxygen atoms in total. The molecule has 9 heteroatoms. The second-order valence-electron chi connectivity index (χ2n) is 5.38. The van der Waals surface area contributed by atoms with Gasteiger partial charge in [0.15, 0.2) is 0 Å². The minimum atomic E-state index is -0.284. The Balaban J connectivity index is 0.00000338. The Morgan fingerprint density at radius 1 is 1.31 bits per heavy atom. The number of benzene rings is 1. The van der Waals surface area contributed by atoms with Crippen LogP contribution in [0.15, 0.2) is 45.9 Å². The van der Waals surface area contributed by atoms with Crippen LogP contribution in [0.2, 0.25) is 0 Å². The molecule has 142 valence electrons. The maximum Gasteiger partial charge on any atom is 0.271 e. The number of halogens is 2. The van der Waals surface area contributed by atoms with Crippen molar-refractivity contribution >= 4 is 34.2 Å². The average molecular weight is 446 g/mol. The van der Waals surface area contributed by atoms with E-state index in [0.29, 0.717) is 19.7 Å². The maximum atomic E-state index is 12.3. The predicted octanol–water partition coefficient (Wildman–Crippen LogP) is 1.86. The van der Waals surface area contributed by atoms with Crippen LogP contribution in [0.1, 0.15) is 18.4 Å². The van der Waals surface area contributed by atoms with Gasteiger partial charge >= 0.3 is 0 Å².